The molecule has 0 aliphatic heterocycles. The minimum atomic E-state index is -1.50. The maximum Gasteiger partial charge on any atom is 0.489 e. The van der Waals surface area contributed by atoms with Crippen LogP contribution in [0.15, 0.2) is 329 Å². The second-order valence-corrected chi connectivity index (χ2v) is 23.8. The molecule has 18 rings (SSSR count). The number of hydrogen-bond acceptors (Lipinski definition) is 4. The SMILES string of the molecule is Brc1ccc(-c2ccc3oc4c5ccccc5ccc4c3c2)cc1.CC.OB(O)c1c2ccccc2c(-c2ccccc2)c2ccccc12.c1ccc(-c2c3ccccc3c(-c3ccc(-c4ccc5oc6c7ccccc7ccc6c5c4)cc3)c3ccccc23)cc1. The van der Waals surface area contributed by atoms with E-state index in [1.54, 1.807) is 0 Å². The van der Waals surface area contributed by atoms with E-state index in [0.29, 0.717) is 5.46 Å². The molecule has 0 radical (unpaired) electrons. The Kier molecular flexibility index (Phi) is 15.5. The lowest BCUT2D eigenvalue weighted by Gasteiger charge is -2.18. The van der Waals surface area contributed by atoms with Gasteiger partial charge >= 0.3 is 7.12 Å². The van der Waals surface area contributed by atoms with Gasteiger partial charge in [-0.05, 0) is 163 Å². The van der Waals surface area contributed by atoms with Crippen LogP contribution in [-0.2, 0) is 0 Å². The van der Waals surface area contributed by atoms with Crippen LogP contribution in [0.2, 0.25) is 0 Å². The highest BCUT2D eigenvalue weighted by molar-refractivity contribution is 9.10. The molecule has 0 atom stereocenters. The number of benzene rings is 16. The number of rotatable bonds is 6. The van der Waals surface area contributed by atoms with Gasteiger partial charge in [-0.3, -0.25) is 0 Å². The second-order valence-electron chi connectivity index (χ2n) is 22.9. The topological polar surface area (TPSA) is 66.7 Å². The zero-order chi connectivity index (χ0) is 62.2. The number of halogens is 1. The molecule has 0 saturated carbocycles. The van der Waals surface area contributed by atoms with Crippen LogP contribution in [0.1, 0.15) is 13.8 Å². The molecule has 0 spiro atoms. The van der Waals surface area contributed by atoms with E-state index in [2.05, 4.69) is 265 Å². The van der Waals surface area contributed by atoms with Gasteiger partial charge < -0.3 is 18.9 Å². The van der Waals surface area contributed by atoms with E-state index in [1.165, 1.54) is 82.2 Å². The van der Waals surface area contributed by atoms with E-state index in [9.17, 15) is 10.0 Å². The van der Waals surface area contributed by atoms with Crippen molar-refractivity contribution in [1.82, 2.24) is 0 Å². The smallest absolute Gasteiger partial charge is 0.455 e. The van der Waals surface area contributed by atoms with Crippen LogP contribution in [0.25, 0.3) is 164 Å². The predicted molar refractivity (Wildman–Crippen MR) is 395 cm³/mol. The summed E-state index contributed by atoms with van der Waals surface area (Å²) in [4.78, 5) is 0. The highest BCUT2D eigenvalue weighted by Crippen LogP contribution is 2.45. The molecule has 4 nitrogen and oxygen atoms in total. The first kappa shape index (κ1) is 57.6. The van der Waals surface area contributed by atoms with Crippen molar-refractivity contribution in [2.75, 3.05) is 0 Å². The summed E-state index contributed by atoms with van der Waals surface area (Å²) in [5.41, 5.74) is 16.4. The van der Waals surface area contributed by atoms with E-state index in [1.807, 2.05) is 80.6 Å². The predicted octanol–water partition coefficient (Wildman–Crippen LogP) is 23.6. The molecule has 18 aromatic rings. The first-order chi connectivity index (χ1) is 45.4. The van der Waals surface area contributed by atoms with Crippen molar-refractivity contribution < 1.29 is 18.9 Å². The molecule has 438 valence electrons. The van der Waals surface area contributed by atoms with Crippen molar-refractivity contribution in [2.45, 2.75) is 13.8 Å². The Morgan fingerprint density at radius 3 is 0.924 bits per heavy atom. The largest absolute Gasteiger partial charge is 0.489 e. The number of furan rings is 2. The molecule has 6 heteroatoms. The van der Waals surface area contributed by atoms with Gasteiger partial charge in [-0.2, -0.15) is 0 Å². The number of fused-ring (bicyclic) bond motifs is 14. The van der Waals surface area contributed by atoms with Gasteiger partial charge in [-0.1, -0.05) is 297 Å². The van der Waals surface area contributed by atoms with Crippen LogP contribution >= 0.6 is 15.9 Å². The Morgan fingerprint density at radius 1 is 0.250 bits per heavy atom. The van der Waals surface area contributed by atoms with Crippen molar-refractivity contribution in [1.29, 1.82) is 0 Å². The highest BCUT2D eigenvalue weighted by Gasteiger charge is 2.23. The molecule has 0 saturated heterocycles. The van der Waals surface area contributed by atoms with Gasteiger partial charge in [0.2, 0.25) is 0 Å². The third-order valence-electron chi connectivity index (χ3n) is 17.7. The van der Waals surface area contributed by atoms with E-state index in [4.69, 9.17) is 8.83 Å². The van der Waals surface area contributed by atoms with Crippen molar-refractivity contribution in [3.63, 3.8) is 0 Å². The van der Waals surface area contributed by atoms with E-state index in [-0.39, 0.29) is 0 Å². The van der Waals surface area contributed by atoms with Crippen molar-refractivity contribution in [3.8, 4) is 55.6 Å². The Balaban J connectivity index is 0.000000122. The number of hydrogen-bond donors (Lipinski definition) is 2. The summed E-state index contributed by atoms with van der Waals surface area (Å²) in [7, 11) is -1.50. The molecule has 0 bridgehead atoms. The molecule has 2 heterocycles. The minimum Gasteiger partial charge on any atom is -0.455 e. The lowest BCUT2D eigenvalue weighted by atomic mass is 9.72. The Morgan fingerprint density at radius 2 is 0.543 bits per heavy atom. The van der Waals surface area contributed by atoms with E-state index >= 15 is 0 Å². The quantitative estimate of drug-likeness (QED) is 0.129. The molecule has 0 aliphatic carbocycles. The zero-order valence-corrected chi connectivity index (χ0v) is 52.3. The summed E-state index contributed by atoms with van der Waals surface area (Å²) in [6.45, 7) is 4.00. The van der Waals surface area contributed by atoms with E-state index in [0.717, 1.165) is 86.4 Å². The van der Waals surface area contributed by atoms with Crippen LogP contribution in [-0.4, -0.2) is 17.2 Å². The average Bonchev–Trinajstić information content (AvgIpc) is 1.00. The molecule has 0 fully saturated rings. The van der Waals surface area contributed by atoms with Crippen LogP contribution < -0.4 is 5.46 Å². The highest BCUT2D eigenvalue weighted by atomic mass is 79.9. The van der Waals surface area contributed by atoms with Crippen LogP contribution in [0.4, 0.5) is 0 Å². The normalized spacial score (nSPS) is 11.3. The fourth-order valence-corrected chi connectivity index (χ4v) is 13.8. The molecular formula is C86H60BBrO4. The summed E-state index contributed by atoms with van der Waals surface area (Å²) in [5, 5.41) is 38.1. The first-order valence-corrected chi connectivity index (χ1v) is 32.1. The van der Waals surface area contributed by atoms with Gasteiger partial charge in [0.1, 0.15) is 22.3 Å². The second kappa shape index (κ2) is 24.8. The summed E-state index contributed by atoms with van der Waals surface area (Å²) in [5.74, 6) is 0. The van der Waals surface area contributed by atoms with E-state index < -0.39 is 7.12 Å². The molecule has 2 N–H and O–H groups in total. The van der Waals surface area contributed by atoms with Crippen molar-refractivity contribution in [2.24, 2.45) is 0 Å². The van der Waals surface area contributed by atoms with Gasteiger partial charge in [0.05, 0.1) is 0 Å². The van der Waals surface area contributed by atoms with Gasteiger partial charge in [0.25, 0.3) is 0 Å². The average molecular weight is 1250 g/mol. The molecule has 2 aromatic heterocycles. The maximum absolute atomic E-state index is 9.94. The molecule has 16 aromatic carbocycles. The molecule has 92 heavy (non-hydrogen) atoms. The monoisotopic (exact) mass is 1250 g/mol. The van der Waals surface area contributed by atoms with Crippen LogP contribution in [0, 0.1) is 0 Å². The third kappa shape index (κ3) is 10.4. The molecule has 0 aliphatic rings. The zero-order valence-electron chi connectivity index (χ0n) is 50.7. The van der Waals surface area contributed by atoms with Gasteiger partial charge in [0, 0.05) is 36.8 Å². The summed E-state index contributed by atoms with van der Waals surface area (Å²) in [6, 6.07) is 110. The summed E-state index contributed by atoms with van der Waals surface area (Å²) in [6.07, 6.45) is 0. The summed E-state index contributed by atoms with van der Waals surface area (Å²) >= 11 is 3.49. The van der Waals surface area contributed by atoms with Crippen LogP contribution in [0.3, 0.4) is 0 Å². The molecule has 0 amide bonds. The standard InChI is InChI=1S/C42H26O.C22H13BrO.C20H15BO2.C2H6/c1-2-11-29(12-3-1)40-33-14-6-8-16-35(33)41(36-17-9-7-15-34(36)40)30-20-18-27(19-21-30)31-23-25-39-38(26-31)37-24-22-28-10-4-5-13-32(28)42(37)43-39;23-17-9-5-14(6-10-17)16-8-12-21-20(13-16)19-11-7-15-3-1-2-4-18(15)22(19)24-21;22-21(23)20-17-12-6-4-10-15(17)19(14-8-2-1-3-9-14)16-11-5-7-13-18(16)20;1-2/h1-26H;1-13H;1-13,22-23H;1-2H3. The Bertz CT molecular complexity index is 5640. The Labute approximate surface area is 541 Å². The lowest BCUT2D eigenvalue weighted by molar-refractivity contribution is 0.426. The van der Waals surface area contributed by atoms with Gasteiger partial charge in [-0.15, -0.1) is 0 Å². The van der Waals surface area contributed by atoms with Gasteiger partial charge in [0.15, 0.2) is 0 Å². The fourth-order valence-electron chi connectivity index (χ4n) is 13.6. The first-order valence-electron chi connectivity index (χ1n) is 31.3. The maximum atomic E-state index is 9.94. The lowest BCUT2D eigenvalue weighted by Crippen LogP contribution is -2.31. The van der Waals surface area contributed by atoms with Crippen LogP contribution in [0.5, 0.6) is 0 Å². The fraction of sp³-hybridized carbons (Fsp3) is 0.0233. The molecule has 0 unspecified atom stereocenters. The Hall–Kier alpha value is -10.9. The molecular weight excluding hydrogens is 1190 g/mol. The third-order valence-corrected chi connectivity index (χ3v) is 18.2. The van der Waals surface area contributed by atoms with Crippen molar-refractivity contribution in [3.05, 3.63) is 320 Å². The van der Waals surface area contributed by atoms with Crippen molar-refractivity contribution >= 4 is 137 Å². The van der Waals surface area contributed by atoms with Gasteiger partial charge in [-0.25, -0.2) is 0 Å². The summed E-state index contributed by atoms with van der Waals surface area (Å²) < 4.78 is 13.6. The minimum absolute atomic E-state index is 0.566.